The third-order valence-electron chi connectivity index (χ3n) is 3.81. The summed E-state index contributed by atoms with van der Waals surface area (Å²) >= 11 is 0. The molecule has 2 atom stereocenters. The molecule has 1 aromatic carbocycles. The largest absolute Gasteiger partial charge is 0.449 e. The second-order valence-electron chi connectivity index (χ2n) is 6.09. The average molecular weight is 380 g/mol. The first kappa shape index (κ1) is 18.1. The van der Waals surface area contributed by atoms with Crippen LogP contribution in [0.25, 0.3) is 11.5 Å². The van der Waals surface area contributed by atoms with Gasteiger partial charge in [0.25, 0.3) is 5.89 Å². The first-order valence-electron chi connectivity index (χ1n) is 7.80. The summed E-state index contributed by atoms with van der Waals surface area (Å²) in [6.45, 7) is 3.48. The van der Waals surface area contributed by atoms with Crippen molar-refractivity contribution in [3.63, 3.8) is 0 Å². The van der Waals surface area contributed by atoms with E-state index in [-0.39, 0.29) is 11.9 Å². The number of nitrogens with one attached hydrogen (secondary N) is 1. The van der Waals surface area contributed by atoms with E-state index in [0.717, 1.165) is 10.6 Å². The Morgan fingerprint density at radius 1 is 1.31 bits per heavy atom. The standard InChI is InChI=1S/C15H20N6O4S/c1-8(16)13-18-19-15(24-13)11-5-10(14-17-9(2)20-25-14)6-12(7-11)21(3)26(4,22)23/h5-8,13,18H,16H2,1-4H3. The highest BCUT2D eigenvalue weighted by Gasteiger charge is 2.26. The Hall–Kier alpha value is -2.66. The van der Waals surface area contributed by atoms with Crippen molar-refractivity contribution >= 4 is 21.6 Å². The molecule has 0 aliphatic carbocycles. The second kappa shape index (κ2) is 6.57. The molecule has 3 rings (SSSR count). The Morgan fingerprint density at radius 2 is 2.00 bits per heavy atom. The maximum Gasteiger partial charge on any atom is 0.258 e. The van der Waals surface area contributed by atoms with Crippen molar-refractivity contribution in [3.05, 3.63) is 29.6 Å². The number of sulfonamides is 1. The van der Waals surface area contributed by atoms with Crippen molar-refractivity contribution in [2.75, 3.05) is 17.6 Å². The molecule has 1 aliphatic heterocycles. The number of anilines is 1. The molecule has 0 saturated carbocycles. The Kier molecular flexibility index (Phi) is 4.59. The summed E-state index contributed by atoms with van der Waals surface area (Å²) < 4.78 is 35.9. The predicted octanol–water partition coefficient (Wildman–Crippen LogP) is 0.396. The molecule has 0 fully saturated rings. The van der Waals surface area contributed by atoms with E-state index in [1.807, 2.05) is 0 Å². The number of rotatable bonds is 5. The van der Waals surface area contributed by atoms with E-state index in [9.17, 15) is 8.42 Å². The Labute approximate surface area is 151 Å². The zero-order chi connectivity index (χ0) is 19.1. The number of aromatic nitrogens is 2. The number of nitrogens with two attached hydrogens (primary N) is 1. The molecule has 26 heavy (non-hydrogen) atoms. The molecule has 1 aromatic heterocycles. The maximum absolute atomic E-state index is 11.9. The molecule has 3 N–H and O–H groups in total. The van der Waals surface area contributed by atoms with E-state index in [4.69, 9.17) is 15.0 Å². The van der Waals surface area contributed by atoms with E-state index in [0.29, 0.717) is 28.5 Å². The lowest BCUT2D eigenvalue weighted by atomic mass is 10.1. The Balaban J connectivity index is 2.07. The summed E-state index contributed by atoms with van der Waals surface area (Å²) in [5.74, 6) is 1.04. The van der Waals surface area contributed by atoms with Gasteiger partial charge >= 0.3 is 0 Å². The Morgan fingerprint density at radius 3 is 2.54 bits per heavy atom. The van der Waals surface area contributed by atoms with Gasteiger partial charge in [0.05, 0.1) is 18.0 Å². The number of ether oxygens (including phenoxy) is 1. The molecular formula is C15H20N6O4S. The van der Waals surface area contributed by atoms with Crippen molar-refractivity contribution < 1.29 is 17.7 Å². The van der Waals surface area contributed by atoms with Gasteiger partial charge in [-0.2, -0.15) is 4.98 Å². The number of aryl methyl sites for hydroxylation is 1. The molecule has 0 amide bonds. The monoisotopic (exact) mass is 380 g/mol. The van der Waals surface area contributed by atoms with Gasteiger partial charge in [0.2, 0.25) is 22.1 Å². The van der Waals surface area contributed by atoms with Crippen molar-refractivity contribution in [2.45, 2.75) is 26.1 Å². The summed E-state index contributed by atoms with van der Waals surface area (Å²) in [7, 11) is -2.01. The Bertz CT molecular complexity index is 953. The van der Waals surface area contributed by atoms with Crippen molar-refractivity contribution in [3.8, 4) is 11.5 Å². The van der Waals surface area contributed by atoms with Crippen LogP contribution in [0.3, 0.4) is 0 Å². The fourth-order valence-corrected chi connectivity index (χ4v) is 2.79. The van der Waals surface area contributed by atoms with E-state index in [1.54, 1.807) is 32.0 Å². The van der Waals surface area contributed by atoms with Crippen molar-refractivity contribution in [1.29, 1.82) is 0 Å². The summed E-state index contributed by atoms with van der Waals surface area (Å²) in [5, 5.41) is 7.91. The average Bonchev–Trinajstić information content (AvgIpc) is 3.22. The van der Waals surface area contributed by atoms with Crippen LogP contribution in [0.15, 0.2) is 27.8 Å². The van der Waals surface area contributed by atoms with Gasteiger partial charge in [0, 0.05) is 18.2 Å². The van der Waals surface area contributed by atoms with Gasteiger partial charge in [-0.1, -0.05) is 5.16 Å². The van der Waals surface area contributed by atoms with Gasteiger partial charge < -0.3 is 15.0 Å². The zero-order valence-corrected chi connectivity index (χ0v) is 15.6. The number of hydrogen-bond acceptors (Lipinski definition) is 9. The van der Waals surface area contributed by atoms with Crippen LogP contribution in [0.1, 0.15) is 18.3 Å². The topological polar surface area (TPSA) is 136 Å². The normalized spacial score (nSPS) is 18.0. The molecule has 0 saturated heterocycles. The fraction of sp³-hybridized carbons (Fsp3) is 0.400. The number of nitrogens with zero attached hydrogens (tertiary/aromatic N) is 4. The van der Waals surface area contributed by atoms with E-state index in [2.05, 4.69) is 20.7 Å². The SMILES string of the molecule is Cc1noc(-c2cc(C3=NNC(C(C)N)O3)cc(N(C)S(C)(=O)=O)c2)n1. The third kappa shape index (κ3) is 3.63. The molecule has 140 valence electrons. The molecule has 10 nitrogen and oxygen atoms in total. The van der Waals surface area contributed by atoms with Crippen molar-refractivity contribution in [1.82, 2.24) is 15.6 Å². The van der Waals surface area contributed by atoms with Gasteiger partial charge in [-0.05, 0) is 32.0 Å². The maximum atomic E-state index is 11.9. The predicted molar refractivity (Wildman–Crippen MR) is 95.9 cm³/mol. The van der Waals surface area contributed by atoms with Gasteiger partial charge in [-0.25, -0.2) is 8.42 Å². The highest BCUT2D eigenvalue weighted by molar-refractivity contribution is 7.92. The van der Waals surface area contributed by atoms with Gasteiger partial charge in [-0.15, -0.1) is 5.10 Å². The summed E-state index contributed by atoms with van der Waals surface area (Å²) in [6, 6.07) is 4.74. The number of hydrazone groups is 1. The first-order chi connectivity index (χ1) is 12.1. The molecule has 1 aliphatic rings. The lowest BCUT2D eigenvalue weighted by Crippen LogP contribution is -2.39. The van der Waals surface area contributed by atoms with Gasteiger partial charge in [0.15, 0.2) is 5.82 Å². The molecule has 2 unspecified atom stereocenters. The van der Waals surface area contributed by atoms with E-state index in [1.165, 1.54) is 7.05 Å². The van der Waals surface area contributed by atoms with Crippen LogP contribution in [0.4, 0.5) is 5.69 Å². The molecule has 2 aromatic rings. The van der Waals surface area contributed by atoms with Crippen LogP contribution in [-0.4, -0.2) is 50.0 Å². The lowest BCUT2D eigenvalue weighted by Gasteiger charge is -2.19. The van der Waals surface area contributed by atoms with Crippen LogP contribution in [0.2, 0.25) is 0 Å². The van der Waals surface area contributed by atoms with Crippen LogP contribution < -0.4 is 15.5 Å². The van der Waals surface area contributed by atoms with Gasteiger partial charge in [0.1, 0.15) is 0 Å². The van der Waals surface area contributed by atoms with Crippen LogP contribution in [-0.2, 0) is 14.8 Å². The molecule has 11 heteroatoms. The minimum Gasteiger partial charge on any atom is -0.449 e. The van der Waals surface area contributed by atoms with Crippen molar-refractivity contribution in [2.24, 2.45) is 10.8 Å². The molecule has 2 heterocycles. The smallest absolute Gasteiger partial charge is 0.258 e. The molecule has 0 spiro atoms. The number of hydrogen-bond donors (Lipinski definition) is 2. The molecule has 0 radical (unpaired) electrons. The minimum atomic E-state index is -3.46. The number of benzene rings is 1. The minimum absolute atomic E-state index is 0.266. The summed E-state index contributed by atoms with van der Waals surface area (Å²) in [4.78, 5) is 4.19. The zero-order valence-electron chi connectivity index (χ0n) is 14.8. The first-order valence-corrected chi connectivity index (χ1v) is 9.65. The van der Waals surface area contributed by atoms with Crippen LogP contribution in [0.5, 0.6) is 0 Å². The quantitative estimate of drug-likeness (QED) is 0.760. The molecule has 0 bridgehead atoms. The third-order valence-corrected chi connectivity index (χ3v) is 5.02. The van der Waals surface area contributed by atoms with Crippen LogP contribution >= 0.6 is 0 Å². The lowest BCUT2D eigenvalue weighted by molar-refractivity contribution is 0.162. The van der Waals surface area contributed by atoms with Gasteiger partial charge in [-0.3, -0.25) is 9.73 Å². The highest BCUT2D eigenvalue weighted by Crippen LogP contribution is 2.28. The van der Waals surface area contributed by atoms with Crippen LogP contribution in [0, 0.1) is 6.92 Å². The second-order valence-corrected chi connectivity index (χ2v) is 8.10. The molecular weight excluding hydrogens is 360 g/mol. The summed E-state index contributed by atoms with van der Waals surface area (Å²) in [6.07, 6.45) is 0.656. The van der Waals surface area contributed by atoms with E-state index < -0.39 is 16.3 Å². The summed E-state index contributed by atoms with van der Waals surface area (Å²) in [5.41, 5.74) is 10.1. The fourth-order valence-electron chi connectivity index (χ4n) is 2.30. The van der Waals surface area contributed by atoms with E-state index >= 15 is 0 Å². The highest BCUT2D eigenvalue weighted by atomic mass is 32.2.